The van der Waals surface area contributed by atoms with E-state index < -0.39 is 47.0 Å². The van der Waals surface area contributed by atoms with Gasteiger partial charge >= 0.3 is 0 Å². The van der Waals surface area contributed by atoms with Gasteiger partial charge in [-0.2, -0.15) is 0 Å². The molecule has 9 heteroatoms. The Bertz CT molecular complexity index is 945. The molecule has 4 amide bonds. The molecule has 9 nitrogen and oxygen atoms in total. The summed E-state index contributed by atoms with van der Waals surface area (Å²) in [7, 11) is 1.48. The second-order valence-corrected chi connectivity index (χ2v) is 8.01. The number of carbonyl (C=O) groups excluding carboxylic acids is 4. The number of primary amides is 1. The van der Waals surface area contributed by atoms with Crippen LogP contribution in [0.2, 0.25) is 0 Å². The van der Waals surface area contributed by atoms with E-state index in [0.717, 1.165) is 16.0 Å². The van der Waals surface area contributed by atoms with Gasteiger partial charge in [-0.1, -0.05) is 17.7 Å². The predicted octanol–water partition coefficient (Wildman–Crippen LogP) is -0.454. The third kappa shape index (κ3) is 2.61. The van der Waals surface area contributed by atoms with Crippen LogP contribution >= 0.6 is 0 Å². The van der Waals surface area contributed by atoms with Gasteiger partial charge in [0.1, 0.15) is 5.54 Å². The highest BCUT2D eigenvalue weighted by Crippen LogP contribution is 2.54. The van der Waals surface area contributed by atoms with Crippen LogP contribution in [-0.4, -0.2) is 54.8 Å². The number of hydrogen-bond donors (Lipinski definition) is 3. The Balaban J connectivity index is 1.87. The molecule has 3 aliphatic heterocycles. The zero-order chi connectivity index (χ0) is 21.1. The van der Waals surface area contributed by atoms with Crippen molar-refractivity contribution < 1.29 is 23.9 Å². The van der Waals surface area contributed by atoms with Crippen LogP contribution in [0.25, 0.3) is 0 Å². The third-order valence-corrected chi connectivity index (χ3v) is 6.20. The van der Waals surface area contributed by atoms with Gasteiger partial charge in [-0.3, -0.25) is 29.4 Å². The van der Waals surface area contributed by atoms with Gasteiger partial charge in [0, 0.05) is 30.8 Å². The molecule has 1 aromatic carbocycles. The van der Waals surface area contributed by atoms with Crippen molar-refractivity contribution >= 4 is 29.3 Å². The molecule has 29 heavy (non-hydrogen) atoms. The molecule has 0 unspecified atom stereocenters. The maximum atomic E-state index is 13.3. The van der Waals surface area contributed by atoms with E-state index in [1.54, 1.807) is 0 Å². The SMILES string of the molecule is COCCN1C(=O)[C@H]2[C@@H](C1=O)[C@]1(N[C@@H]2CC(N)=O)C(=O)Nc2c(C)cc(C)cc21. The van der Waals surface area contributed by atoms with Gasteiger partial charge in [-0.25, -0.2) is 0 Å². The second-order valence-electron chi connectivity index (χ2n) is 8.01. The first-order chi connectivity index (χ1) is 13.7. The Morgan fingerprint density at radius 1 is 1.24 bits per heavy atom. The number of aryl methyl sites for hydroxylation is 2. The maximum Gasteiger partial charge on any atom is 0.250 e. The second kappa shape index (κ2) is 6.64. The number of nitrogens with zero attached hydrogens (tertiary/aromatic N) is 1. The smallest absolute Gasteiger partial charge is 0.250 e. The molecule has 4 atom stereocenters. The van der Waals surface area contributed by atoms with Crippen LogP contribution < -0.4 is 16.4 Å². The molecule has 2 saturated heterocycles. The van der Waals surface area contributed by atoms with Crippen molar-refractivity contribution in [2.24, 2.45) is 17.6 Å². The Kier molecular flexibility index (Phi) is 4.47. The number of benzene rings is 1. The number of nitrogens with two attached hydrogens (primary N) is 1. The average Bonchev–Trinajstić information content (AvgIpc) is 3.20. The molecule has 0 bridgehead atoms. The molecule has 1 aromatic rings. The molecular weight excluding hydrogens is 376 g/mol. The zero-order valence-electron chi connectivity index (χ0n) is 16.6. The number of methoxy groups -OCH3 is 1. The summed E-state index contributed by atoms with van der Waals surface area (Å²) in [6.07, 6.45) is -0.145. The molecule has 0 aromatic heterocycles. The summed E-state index contributed by atoms with van der Waals surface area (Å²) in [5.41, 5.74) is 7.07. The lowest BCUT2D eigenvalue weighted by Gasteiger charge is -2.29. The van der Waals surface area contributed by atoms with Crippen molar-refractivity contribution in [3.63, 3.8) is 0 Å². The maximum absolute atomic E-state index is 13.3. The molecular formula is C20H24N4O5. The molecule has 0 aliphatic carbocycles. The van der Waals surface area contributed by atoms with E-state index >= 15 is 0 Å². The summed E-state index contributed by atoms with van der Waals surface area (Å²) in [5, 5.41) is 6.07. The Morgan fingerprint density at radius 3 is 2.62 bits per heavy atom. The summed E-state index contributed by atoms with van der Waals surface area (Å²) >= 11 is 0. The Hall–Kier alpha value is -2.78. The van der Waals surface area contributed by atoms with Crippen molar-refractivity contribution in [2.45, 2.75) is 31.8 Å². The van der Waals surface area contributed by atoms with Gasteiger partial charge in [-0.15, -0.1) is 0 Å². The van der Waals surface area contributed by atoms with Gasteiger partial charge in [-0.05, 0) is 19.4 Å². The standard InChI is InChI=1S/C20H24N4O5/c1-9-6-10(2)16-11(7-9)20(19(28)22-16)15-14(12(23-20)8-13(21)25)17(26)24(18(15)27)4-5-29-3/h6-7,12,14-15,23H,4-5,8H2,1-3H3,(H2,21,25)(H,22,28)/t12-,14-,15+,20+/m1/s1. The van der Waals surface area contributed by atoms with Gasteiger partial charge in [0.05, 0.1) is 25.0 Å². The van der Waals surface area contributed by atoms with Crippen LogP contribution in [0, 0.1) is 25.7 Å². The lowest BCUT2D eigenvalue weighted by molar-refractivity contribution is -0.143. The molecule has 4 N–H and O–H groups in total. The lowest BCUT2D eigenvalue weighted by Crippen LogP contribution is -2.53. The van der Waals surface area contributed by atoms with Crippen LogP contribution in [0.15, 0.2) is 12.1 Å². The molecule has 154 valence electrons. The largest absolute Gasteiger partial charge is 0.383 e. The van der Waals surface area contributed by atoms with Crippen molar-refractivity contribution in [3.8, 4) is 0 Å². The number of ether oxygens (including phenoxy) is 1. The van der Waals surface area contributed by atoms with Crippen LogP contribution in [-0.2, 0) is 29.5 Å². The Labute approximate surface area is 167 Å². The quantitative estimate of drug-likeness (QED) is 0.574. The fraction of sp³-hybridized carbons (Fsp3) is 0.500. The van der Waals surface area contributed by atoms with E-state index in [9.17, 15) is 19.2 Å². The topological polar surface area (TPSA) is 131 Å². The van der Waals surface area contributed by atoms with E-state index in [1.165, 1.54) is 7.11 Å². The van der Waals surface area contributed by atoms with E-state index in [2.05, 4.69) is 10.6 Å². The van der Waals surface area contributed by atoms with Crippen LogP contribution in [0.4, 0.5) is 5.69 Å². The minimum absolute atomic E-state index is 0.0991. The fourth-order valence-corrected chi connectivity index (χ4v) is 5.11. The monoisotopic (exact) mass is 400 g/mol. The highest BCUT2D eigenvalue weighted by Gasteiger charge is 2.70. The van der Waals surface area contributed by atoms with Crippen LogP contribution in [0.5, 0.6) is 0 Å². The van der Waals surface area contributed by atoms with Gasteiger partial charge in [0.2, 0.25) is 23.6 Å². The lowest BCUT2D eigenvalue weighted by atomic mass is 9.76. The summed E-state index contributed by atoms with van der Waals surface area (Å²) in [6, 6.07) is 3.09. The molecule has 2 fully saturated rings. The minimum Gasteiger partial charge on any atom is -0.383 e. The minimum atomic E-state index is -1.41. The molecule has 0 saturated carbocycles. The van der Waals surface area contributed by atoms with Gasteiger partial charge in [0.25, 0.3) is 0 Å². The number of rotatable bonds is 5. The summed E-state index contributed by atoms with van der Waals surface area (Å²) in [5.74, 6) is -3.62. The molecule has 3 heterocycles. The van der Waals surface area contributed by atoms with Crippen molar-refractivity contribution in [2.75, 3.05) is 25.6 Å². The summed E-state index contributed by atoms with van der Waals surface area (Å²) in [6.45, 7) is 4.08. The number of nitrogens with one attached hydrogen (secondary N) is 2. The van der Waals surface area contributed by atoms with E-state index in [1.807, 2.05) is 26.0 Å². The summed E-state index contributed by atoms with van der Waals surface area (Å²) in [4.78, 5) is 52.5. The van der Waals surface area contributed by atoms with Crippen molar-refractivity contribution in [1.29, 1.82) is 0 Å². The Morgan fingerprint density at radius 2 is 1.97 bits per heavy atom. The number of carbonyl (C=O) groups is 4. The molecule has 4 rings (SSSR count). The fourth-order valence-electron chi connectivity index (χ4n) is 5.11. The first-order valence-corrected chi connectivity index (χ1v) is 9.55. The van der Waals surface area contributed by atoms with E-state index in [4.69, 9.17) is 10.5 Å². The molecule has 1 spiro atoms. The van der Waals surface area contributed by atoms with Crippen LogP contribution in [0.1, 0.15) is 23.1 Å². The number of imide groups is 1. The normalized spacial score (nSPS) is 30.1. The summed E-state index contributed by atoms with van der Waals surface area (Å²) < 4.78 is 5.02. The molecule has 3 aliphatic rings. The number of likely N-dealkylation sites (tertiary alicyclic amines) is 1. The highest BCUT2D eigenvalue weighted by atomic mass is 16.5. The van der Waals surface area contributed by atoms with E-state index in [0.29, 0.717) is 11.3 Å². The van der Waals surface area contributed by atoms with Crippen LogP contribution in [0.3, 0.4) is 0 Å². The van der Waals surface area contributed by atoms with Crippen molar-refractivity contribution in [3.05, 3.63) is 28.8 Å². The highest BCUT2D eigenvalue weighted by molar-refractivity contribution is 6.15. The third-order valence-electron chi connectivity index (χ3n) is 6.20. The predicted molar refractivity (Wildman–Crippen MR) is 103 cm³/mol. The number of hydrogen-bond acceptors (Lipinski definition) is 6. The van der Waals surface area contributed by atoms with Crippen molar-refractivity contribution in [1.82, 2.24) is 10.2 Å². The van der Waals surface area contributed by atoms with Gasteiger partial charge < -0.3 is 15.8 Å². The first kappa shape index (κ1) is 19.5. The number of anilines is 1. The molecule has 0 radical (unpaired) electrons. The zero-order valence-corrected chi connectivity index (χ0v) is 16.6. The van der Waals surface area contributed by atoms with E-state index in [-0.39, 0.29) is 19.6 Å². The average molecular weight is 400 g/mol. The van der Waals surface area contributed by atoms with Gasteiger partial charge in [0.15, 0.2) is 0 Å². The first-order valence-electron chi connectivity index (χ1n) is 9.55. The number of fused-ring (bicyclic) bond motifs is 4. The number of amides is 4.